The van der Waals surface area contributed by atoms with E-state index in [-0.39, 0.29) is 19.2 Å². The average Bonchev–Trinajstić information content (AvgIpc) is 2.94. The van der Waals surface area contributed by atoms with Crippen LogP contribution in [0.3, 0.4) is 0 Å². The van der Waals surface area contributed by atoms with Crippen LogP contribution >= 0.6 is 8.60 Å². The molecule has 2 N–H and O–H groups in total. The van der Waals surface area contributed by atoms with E-state index in [4.69, 9.17) is 18.5 Å². The van der Waals surface area contributed by atoms with E-state index < -0.39 is 14.7 Å². The Morgan fingerprint density at radius 3 is 2.03 bits per heavy atom. The van der Waals surface area contributed by atoms with Gasteiger partial charge < -0.3 is 28.7 Å². The zero-order chi connectivity index (χ0) is 28.4. The van der Waals surface area contributed by atoms with Crippen LogP contribution < -0.4 is 10.1 Å². The molecule has 39 heavy (non-hydrogen) atoms. The number of rotatable bonds is 27. The Morgan fingerprint density at radius 2 is 1.44 bits per heavy atom. The minimum absolute atomic E-state index is 0.00983. The summed E-state index contributed by atoms with van der Waals surface area (Å²) in [5.74, 6) is 0.418. The molecule has 0 aromatic heterocycles. The van der Waals surface area contributed by atoms with Gasteiger partial charge in [-0.15, -0.1) is 0 Å². The SMILES string of the molecule is CCCCCCCCCCCCCCc1ccc(OCC(COP(O)OCCNCC)OC(=O)CCC)cc1. The van der Waals surface area contributed by atoms with Crippen LogP contribution in [0.5, 0.6) is 5.75 Å². The zero-order valence-corrected chi connectivity index (χ0v) is 25.9. The first-order chi connectivity index (χ1) is 19.1. The second-order valence-corrected chi connectivity index (χ2v) is 11.2. The van der Waals surface area contributed by atoms with Crippen molar-refractivity contribution in [3.63, 3.8) is 0 Å². The second-order valence-electron chi connectivity index (χ2n) is 10.2. The summed E-state index contributed by atoms with van der Waals surface area (Å²) in [6, 6.07) is 8.13. The fraction of sp³-hybridized carbons (Fsp3) is 0.774. The average molecular weight is 570 g/mol. The van der Waals surface area contributed by atoms with Crippen LogP contribution in [0.1, 0.15) is 116 Å². The molecule has 0 heterocycles. The summed E-state index contributed by atoms with van der Waals surface area (Å²) in [6.45, 7) is 8.16. The number of unbranched alkanes of at least 4 members (excludes halogenated alkanes) is 11. The Balaban J connectivity index is 2.26. The van der Waals surface area contributed by atoms with E-state index in [1.165, 1.54) is 82.6 Å². The van der Waals surface area contributed by atoms with Crippen molar-refractivity contribution in [1.82, 2.24) is 5.32 Å². The number of nitrogens with one attached hydrogen (secondary N) is 1. The molecule has 0 saturated heterocycles. The standard InChI is InChI=1S/C31H56NO6P/c1-4-7-8-9-10-11-12-13-14-15-16-17-19-28-20-22-29(23-21-28)35-26-30(38-31(33)18-5-2)27-37-39(34)36-25-24-32-6-3/h20-23,30,32,34H,4-19,24-27H2,1-3H3. The predicted octanol–water partition coefficient (Wildman–Crippen LogP) is 7.88. The van der Waals surface area contributed by atoms with Crippen molar-refractivity contribution in [2.24, 2.45) is 0 Å². The quantitative estimate of drug-likeness (QED) is 0.0633. The Labute approximate surface area is 239 Å². The van der Waals surface area contributed by atoms with Crippen LogP contribution in [0.15, 0.2) is 24.3 Å². The molecule has 226 valence electrons. The van der Waals surface area contributed by atoms with E-state index >= 15 is 0 Å². The van der Waals surface area contributed by atoms with Gasteiger partial charge in [0.15, 0.2) is 6.10 Å². The molecule has 0 bridgehead atoms. The molecular weight excluding hydrogens is 513 g/mol. The molecule has 0 fully saturated rings. The molecular formula is C31H56NO6P. The smallest absolute Gasteiger partial charge is 0.330 e. The molecule has 7 nitrogen and oxygen atoms in total. The van der Waals surface area contributed by atoms with E-state index in [0.29, 0.717) is 26.0 Å². The van der Waals surface area contributed by atoms with Crippen molar-refractivity contribution in [2.45, 2.75) is 123 Å². The number of hydrogen-bond acceptors (Lipinski definition) is 7. The van der Waals surface area contributed by atoms with Crippen molar-refractivity contribution in [3.05, 3.63) is 29.8 Å². The van der Waals surface area contributed by atoms with Crippen molar-refractivity contribution >= 4 is 14.6 Å². The summed E-state index contributed by atoms with van der Waals surface area (Å²) in [7, 11) is -2.04. The monoisotopic (exact) mass is 569 g/mol. The number of benzene rings is 1. The van der Waals surface area contributed by atoms with Gasteiger partial charge in [0, 0.05) is 13.0 Å². The highest BCUT2D eigenvalue weighted by atomic mass is 31.2. The minimum Gasteiger partial charge on any atom is -0.490 e. The van der Waals surface area contributed by atoms with Crippen molar-refractivity contribution in [3.8, 4) is 5.75 Å². The minimum atomic E-state index is -2.04. The second kappa shape index (κ2) is 25.7. The molecule has 0 saturated carbocycles. The number of carbonyl (C=O) groups is 1. The maximum Gasteiger partial charge on any atom is 0.330 e. The van der Waals surface area contributed by atoms with Crippen molar-refractivity contribution < 1.29 is 28.2 Å². The van der Waals surface area contributed by atoms with Crippen LogP contribution in [-0.4, -0.2) is 49.9 Å². The van der Waals surface area contributed by atoms with Crippen molar-refractivity contribution in [1.29, 1.82) is 0 Å². The number of carbonyl (C=O) groups excluding carboxylic acids is 1. The summed E-state index contributed by atoms with van der Waals surface area (Å²) in [4.78, 5) is 22.0. The highest BCUT2D eigenvalue weighted by Crippen LogP contribution is 2.32. The summed E-state index contributed by atoms with van der Waals surface area (Å²) >= 11 is 0. The van der Waals surface area contributed by atoms with E-state index in [2.05, 4.69) is 24.4 Å². The molecule has 0 aliphatic carbocycles. The maximum absolute atomic E-state index is 12.0. The number of hydrogen-bond donors (Lipinski definition) is 2. The van der Waals surface area contributed by atoms with Gasteiger partial charge in [-0.1, -0.05) is 104 Å². The first kappa shape index (κ1) is 35.8. The lowest BCUT2D eigenvalue weighted by molar-refractivity contribution is -0.152. The number of ether oxygens (including phenoxy) is 2. The van der Waals surface area contributed by atoms with Crippen LogP contribution in [-0.2, 0) is 25.0 Å². The van der Waals surface area contributed by atoms with Gasteiger partial charge in [-0.25, -0.2) is 0 Å². The molecule has 0 amide bonds. The molecule has 1 aromatic rings. The van der Waals surface area contributed by atoms with Gasteiger partial charge in [-0.05, 0) is 43.5 Å². The maximum atomic E-state index is 12.0. The topological polar surface area (TPSA) is 86.2 Å². The number of aryl methyl sites for hydroxylation is 1. The van der Waals surface area contributed by atoms with Crippen LogP contribution in [0, 0.1) is 0 Å². The fourth-order valence-electron chi connectivity index (χ4n) is 4.23. The van der Waals surface area contributed by atoms with E-state index in [1.54, 1.807) is 0 Å². The molecule has 1 aromatic carbocycles. The molecule has 1 rings (SSSR count). The largest absolute Gasteiger partial charge is 0.490 e. The lowest BCUT2D eigenvalue weighted by Crippen LogP contribution is -2.29. The molecule has 2 unspecified atom stereocenters. The lowest BCUT2D eigenvalue weighted by Gasteiger charge is -2.20. The predicted molar refractivity (Wildman–Crippen MR) is 161 cm³/mol. The van der Waals surface area contributed by atoms with Crippen LogP contribution in [0.4, 0.5) is 0 Å². The lowest BCUT2D eigenvalue weighted by atomic mass is 10.0. The fourth-order valence-corrected chi connectivity index (χ4v) is 4.85. The summed E-state index contributed by atoms with van der Waals surface area (Å²) < 4.78 is 22.0. The third-order valence-electron chi connectivity index (χ3n) is 6.53. The summed E-state index contributed by atoms with van der Waals surface area (Å²) in [5, 5.41) is 3.11. The first-order valence-electron chi connectivity index (χ1n) is 15.5. The van der Waals surface area contributed by atoms with Gasteiger partial charge in [0.05, 0.1) is 13.2 Å². The van der Waals surface area contributed by atoms with Crippen LogP contribution in [0.2, 0.25) is 0 Å². The highest BCUT2D eigenvalue weighted by molar-refractivity contribution is 7.40. The number of likely N-dealkylation sites (N-methyl/N-ethyl adjacent to an activating group) is 1. The molecule has 0 spiro atoms. The van der Waals surface area contributed by atoms with Gasteiger partial charge in [0.1, 0.15) is 12.4 Å². The molecule has 0 aliphatic rings. The zero-order valence-electron chi connectivity index (χ0n) is 25.0. The molecule has 0 radical (unpaired) electrons. The molecule has 0 aliphatic heterocycles. The van der Waals surface area contributed by atoms with Gasteiger partial charge in [0.25, 0.3) is 0 Å². The first-order valence-corrected chi connectivity index (χ1v) is 16.6. The normalized spacial score (nSPS) is 12.8. The Kier molecular flexibility index (Phi) is 23.6. The van der Waals surface area contributed by atoms with E-state index in [1.807, 2.05) is 26.0 Å². The summed E-state index contributed by atoms with van der Waals surface area (Å²) in [6.07, 6.45) is 17.8. The molecule has 2 atom stereocenters. The summed E-state index contributed by atoms with van der Waals surface area (Å²) in [5.41, 5.74) is 1.31. The van der Waals surface area contributed by atoms with E-state index in [0.717, 1.165) is 18.7 Å². The Morgan fingerprint density at radius 1 is 0.821 bits per heavy atom. The van der Waals surface area contributed by atoms with Gasteiger partial charge in [-0.2, -0.15) is 0 Å². The molecule has 8 heteroatoms. The number of esters is 1. The van der Waals surface area contributed by atoms with Gasteiger partial charge >= 0.3 is 14.6 Å². The Hall–Kier alpha value is -1.24. The highest BCUT2D eigenvalue weighted by Gasteiger charge is 2.19. The Bertz CT molecular complexity index is 690. The van der Waals surface area contributed by atoms with Gasteiger partial charge in [0.2, 0.25) is 0 Å². The van der Waals surface area contributed by atoms with Crippen LogP contribution in [0.25, 0.3) is 0 Å². The van der Waals surface area contributed by atoms with Gasteiger partial charge in [-0.3, -0.25) is 4.79 Å². The third-order valence-corrected chi connectivity index (χ3v) is 7.31. The van der Waals surface area contributed by atoms with Crippen molar-refractivity contribution in [2.75, 3.05) is 32.9 Å². The van der Waals surface area contributed by atoms with E-state index in [9.17, 15) is 9.69 Å². The third kappa shape index (κ3) is 21.2.